The Balaban J connectivity index is 4.07. The van der Waals surface area contributed by atoms with Gasteiger partial charge >= 0.3 is 5.97 Å². The molecule has 0 saturated carbocycles. The van der Waals surface area contributed by atoms with Crippen LogP contribution in [0.2, 0.25) is 0 Å². The molecule has 4 heteroatoms. The van der Waals surface area contributed by atoms with E-state index in [1.165, 1.54) is 13.0 Å². The largest absolute Gasteiger partial charge is 0.457 e. The van der Waals surface area contributed by atoms with Crippen LogP contribution in [0, 0.1) is 0 Å². The fraction of sp³-hybridized carbons (Fsp3) is 0.700. The van der Waals surface area contributed by atoms with Crippen LogP contribution in [0.25, 0.3) is 0 Å². The molecule has 0 aromatic heterocycles. The van der Waals surface area contributed by atoms with Gasteiger partial charge in [0.15, 0.2) is 0 Å². The van der Waals surface area contributed by atoms with Crippen molar-refractivity contribution in [2.45, 2.75) is 45.5 Å². The Morgan fingerprint density at radius 1 is 1.36 bits per heavy atom. The average molecular weight is 202 g/mol. The van der Waals surface area contributed by atoms with Gasteiger partial charge in [-0.25, -0.2) is 4.79 Å². The molecule has 2 atom stereocenters. The van der Waals surface area contributed by atoms with Crippen LogP contribution in [0.15, 0.2) is 12.2 Å². The molecule has 0 aliphatic rings. The number of aliphatic hydroxyl groups is 2. The predicted molar refractivity (Wildman–Crippen MR) is 52.7 cm³/mol. The van der Waals surface area contributed by atoms with Crippen LogP contribution >= 0.6 is 0 Å². The van der Waals surface area contributed by atoms with Crippen molar-refractivity contribution >= 4 is 5.97 Å². The van der Waals surface area contributed by atoms with E-state index in [4.69, 9.17) is 14.9 Å². The monoisotopic (exact) mass is 202 g/mol. The van der Waals surface area contributed by atoms with Gasteiger partial charge in [0.2, 0.25) is 0 Å². The van der Waals surface area contributed by atoms with Crippen LogP contribution in [-0.2, 0) is 9.53 Å². The van der Waals surface area contributed by atoms with E-state index in [-0.39, 0.29) is 0 Å². The third-order valence-electron chi connectivity index (χ3n) is 1.33. The first-order chi connectivity index (χ1) is 6.22. The number of carbonyl (C=O) groups is 1. The minimum atomic E-state index is -1.04. The maximum absolute atomic E-state index is 11.1. The highest BCUT2D eigenvalue weighted by Crippen LogP contribution is 2.07. The van der Waals surface area contributed by atoms with Crippen molar-refractivity contribution in [1.82, 2.24) is 0 Å². The first-order valence-corrected chi connectivity index (χ1v) is 4.49. The van der Waals surface area contributed by atoms with E-state index < -0.39 is 23.8 Å². The molecular weight excluding hydrogens is 184 g/mol. The maximum atomic E-state index is 11.1. The Bertz CT molecular complexity index is 213. The van der Waals surface area contributed by atoms with E-state index in [9.17, 15) is 4.79 Å². The Kier molecular flexibility index (Phi) is 4.80. The summed E-state index contributed by atoms with van der Waals surface area (Å²) in [5.41, 5.74) is -0.544. The van der Waals surface area contributed by atoms with Crippen LogP contribution in [0.3, 0.4) is 0 Å². The van der Waals surface area contributed by atoms with Crippen molar-refractivity contribution in [2.24, 2.45) is 0 Å². The van der Waals surface area contributed by atoms with Gasteiger partial charge in [0.1, 0.15) is 5.60 Å². The normalized spacial score (nSPS) is 16.7. The lowest BCUT2D eigenvalue weighted by Crippen LogP contribution is -2.24. The standard InChI is InChI=1S/C10H18O4/c1-7(11)8(12)5-6-9(13)14-10(2,3)4/h5-8,11-12H,1-4H3/b6-5+/t7-,8+/m0/s1. The Labute approximate surface area is 84.2 Å². The van der Waals surface area contributed by atoms with Gasteiger partial charge in [0, 0.05) is 6.08 Å². The number of hydrogen-bond donors (Lipinski definition) is 2. The van der Waals surface area contributed by atoms with Crippen molar-refractivity contribution in [3.8, 4) is 0 Å². The zero-order valence-electron chi connectivity index (χ0n) is 9.02. The first kappa shape index (κ1) is 13.1. The summed E-state index contributed by atoms with van der Waals surface area (Å²) in [5.74, 6) is -0.530. The molecule has 0 fully saturated rings. The van der Waals surface area contributed by atoms with E-state index in [0.29, 0.717) is 0 Å². The second kappa shape index (κ2) is 5.12. The Hall–Kier alpha value is -0.870. The quantitative estimate of drug-likeness (QED) is 0.520. The summed E-state index contributed by atoms with van der Waals surface area (Å²) in [6, 6.07) is 0. The predicted octanol–water partition coefficient (Wildman–Crippen LogP) is 0.626. The second-order valence-corrected chi connectivity index (χ2v) is 4.12. The van der Waals surface area contributed by atoms with E-state index >= 15 is 0 Å². The number of hydrogen-bond acceptors (Lipinski definition) is 4. The summed E-state index contributed by atoms with van der Waals surface area (Å²) < 4.78 is 4.95. The lowest BCUT2D eigenvalue weighted by molar-refractivity contribution is -0.148. The highest BCUT2D eigenvalue weighted by molar-refractivity contribution is 5.82. The van der Waals surface area contributed by atoms with Gasteiger partial charge in [0.05, 0.1) is 12.2 Å². The van der Waals surface area contributed by atoms with E-state index in [2.05, 4.69) is 0 Å². The van der Waals surface area contributed by atoms with Gasteiger partial charge in [-0.3, -0.25) is 0 Å². The van der Waals surface area contributed by atoms with Crippen molar-refractivity contribution in [2.75, 3.05) is 0 Å². The minimum absolute atomic E-state index is 0.530. The third-order valence-corrected chi connectivity index (χ3v) is 1.33. The summed E-state index contributed by atoms with van der Waals surface area (Å²) in [4.78, 5) is 11.1. The van der Waals surface area contributed by atoms with Crippen molar-refractivity contribution in [3.63, 3.8) is 0 Å². The zero-order valence-corrected chi connectivity index (χ0v) is 9.02. The van der Waals surface area contributed by atoms with E-state index in [1.807, 2.05) is 0 Å². The highest BCUT2D eigenvalue weighted by atomic mass is 16.6. The van der Waals surface area contributed by atoms with Crippen molar-refractivity contribution < 1.29 is 19.7 Å². The molecule has 0 spiro atoms. The molecular formula is C10H18O4. The lowest BCUT2D eigenvalue weighted by atomic mass is 10.2. The van der Waals surface area contributed by atoms with E-state index in [0.717, 1.165) is 6.08 Å². The van der Waals surface area contributed by atoms with Gasteiger partial charge in [0.25, 0.3) is 0 Å². The molecule has 0 radical (unpaired) electrons. The smallest absolute Gasteiger partial charge is 0.331 e. The van der Waals surface area contributed by atoms with Crippen LogP contribution in [0.4, 0.5) is 0 Å². The number of esters is 1. The molecule has 0 unspecified atom stereocenters. The Morgan fingerprint density at radius 2 is 1.86 bits per heavy atom. The van der Waals surface area contributed by atoms with Crippen molar-refractivity contribution in [3.05, 3.63) is 12.2 Å². The molecule has 14 heavy (non-hydrogen) atoms. The third kappa shape index (κ3) is 6.62. The second-order valence-electron chi connectivity index (χ2n) is 4.12. The molecule has 0 saturated heterocycles. The molecule has 0 rings (SSSR count). The van der Waals surface area contributed by atoms with Gasteiger partial charge in [-0.2, -0.15) is 0 Å². The molecule has 82 valence electrons. The first-order valence-electron chi connectivity index (χ1n) is 4.49. The summed E-state index contributed by atoms with van der Waals surface area (Å²) in [6.45, 7) is 6.70. The number of rotatable bonds is 3. The molecule has 0 bridgehead atoms. The number of aliphatic hydroxyl groups excluding tert-OH is 2. The van der Waals surface area contributed by atoms with Crippen LogP contribution in [0.1, 0.15) is 27.7 Å². The number of carbonyl (C=O) groups excluding carboxylic acids is 1. The molecule has 4 nitrogen and oxygen atoms in total. The number of ether oxygens (including phenoxy) is 1. The van der Waals surface area contributed by atoms with E-state index in [1.54, 1.807) is 20.8 Å². The summed E-state index contributed by atoms with van der Waals surface area (Å²) in [7, 11) is 0. The van der Waals surface area contributed by atoms with Crippen LogP contribution < -0.4 is 0 Å². The molecule has 0 aliphatic heterocycles. The molecule has 0 aliphatic carbocycles. The van der Waals surface area contributed by atoms with Gasteiger partial charge in [-0.15, -0.1) is 0 Å². The molecule has 0 aromatic carbocycles. The summed E-state index contributed by atoms with van der Waals surface area (Å²) in [5, 5.41) is 18.0. The summed E-state index contributed by atoms with van der Waals surface area (Å²) in [6.07, 6.45) is 0.387. The molecule has 0 aromatic rings. The highest BCUT2D eigenvalue weighted by Gasteiger charge is 2.14. The fourth-order valence-corrected chi connectivity index (χ4v) is 0.674. The van der Waals surface area contributed by atoms with Crippen LogP contribution in [-0.4, -0.2) is 34.0 Å². The van der Waals surface area contributed by atoms with Crippen LogP contribution in [0.5, 0.6) is 0 Å². The Morgan fingerprint density at radius 3 is 2.21 bits per heavy atom. The van der Waals surface area contributed by atoms with Gasteiger partial charge in [-0.1, -0.05) is 0 Å². The molecule has 2 N–H and O–H groups in total. The molecule has 0 amide bonds. The zero-order chi connectivity index (χ0) is 11.4. The minimum Gasteiger partial charge on any atom is -0.457 e. The topological polar surface area (TPSA) is 66.8 Å². The SMILES string of the molecule is C[C@H](O)[C@H](O)/C=C/C(=O)OC(C)(C)C. The van der Waals surface area contributed by atoms with Gasteiger partial charge in [-0.05, 0) is 33.8 Å². The summed E-state index contributed by atoms with van der Waals surface area (Å²) >= 11 is 0. The fourth-order valence-electron chi connectivity index (χ4n) is 0.674. The average Bonchev–Trinajstić information content (AvgIpc) is 1.96. The van der Waals surface area contributed by atoms with Gasteiger partial charge < -0.3 is 14.9 Å². The maximum Gasteiger partial charge on any atom is 0.331 e. The molecule has 0 heterocycles. The van der Waals surface area contributed by atoms with Crippen molar-refractivity contribution in [1.29, 1.82) is 0 Å². The lowest BCUT2D eigenvalue weighted by Gasteiger charge is -2.18.